The first-order valence-electron chi connectivity index (χ1n) is 7.70. The SMILES string of the molecule is COC(=O)Nc1nc2ccc([Se]c3c[nH]c4ccc(C#N)cc34)cc2[nH]1. The molecular formula is C18H13N5O2Se. The summed E-state index contributed by atoms with van der Waals surface area (Å²) >= 11 is 0.0571. The molecule has 128 valence electrons. The van der Waals surface area contributed by atoms with Crippen LogP contribution < -0.4 is 14.2 Å². The van der Waals surface area contributed by atoms with Gasteiger partial charge in [-0.1, -0.05) is 0 Å². The van der Waals surface area contributed by atoms with Crippen molar-refractivity contribution in [3.05, 3.63) is 48.2 Å². The Labute approximate surface area is 154 Å². The van der Waals surface area contributed by atoms with Gasteiger partial charge in [0.05, 0.1) is 0 Å². The number of amides is 1. The summed E-state index contributed by atoms with van der Waals surface area (Å²) in [6.07, 6.45) is 1.42. The molecule has 2 aromatic carbocycles. The molecule has 0 aliphatic rings. The van der Waals surface area contributed by atoms with Crippen LogP contribution in [0, 0.1) is 11.3 Å². The second-order valence-electron chi connectivity index (χ2n) is 5.51. The van der Waals surface area contributed by atoms with Gasteiger partial charge in [0.1, 0.15) is 0 Å². The van der Waals surface area contributed by atoms with Gasteiger partial charge in [-0.2, -0.15) is 0 Å². The minimum absolute atomic E-state index is 0.0571. The summed E-state index contributed by atoms with van der Waals surface area (Å²) in [5, 5.41) is 12.7. The van der Waals surface area contributed by atoms with Crippen molar-refractivity contribution in [3.8, 4) is 6.07 Å². The van der Waals surface area contributed by atoms with E-state index in [9.17, 15) is 4.79 Å². The molecule has 7 nitrogen and oxygen atoms in total. The first-order valence-corrected chi connectivity index (χ1v) is 9.41. The normalized spacial score (nSPS) is 10.8. The number of ether oxygens (including phenoxy) is 1. The topological polar surface area (TPSA) is 107 Å². The summed E-state index contributed by atoms with van der Waals surface area (Å²) in [6, 6.07) is 13.8. The predicted molar refractivity (Wildman–Crippen MR) is 100 cm³/mol. The van der Waals surface area contributed by atoms with Crippen molar-refractivity contribution in [3.63, 3.8) is 0 Å². The summed E-state index contributed by atoms with van der Waals surface area (Å²) < 4.78 is 6.90. The Hall–Kier alpha value is -3.27. The maximum atomic E-state index is 11.3. The summed E-state index contributed by atoms with van der Waals surface area (Å²) in [7, 11) is 1.30. The zero-order valence-electron chi connectivity index (χ0n) is 13.7. The second kappa shape index (κ2) is 6.56. The van der Waals surface area contributed by atoms with E-state index in [-0.39, 0.29) is 15.0 Å². The Morgan fingerprint density at radius 3 is 2.96 bits per heavy atom. The van der Waals surface area contributed by atoms with Gasteiger partial charge in [0.2, 0.25) is 0 Å². The van der Waals surface area contributed by atoms with Crippen molar-refractivity contribution in [2.24, 2.45) is 0 Å². The summed E-state index contributed by atoms with van der Waals surface area (Å²) in [4.78, 5) is 21.9. The van der Waals surface area contributed by atoms with E-state index in [0.29, 0.717) is 11.5 Å². The molecule has 0 unspecified atom stereocenters. The fraction of sp³-hybridized carbons (Fsp3) is 0.0556. The summed E-state index contributed by atoms with van der Waals surface area (Å²) in [5.74, 6) is 0.349. The Morgan fingerprint density at radius 2 is 2.15 bits per heavy atom. The van der Waals surface area contributed by atoms with Gasteiger partial charge in [-0.25, -0.2) is 0 Å². The number of H-pyrrole nitrogens is 2. The number of benzene rings is 2. The van der Waals surface area contributed by atoms with Crippen molar-refractivity contribution in [1.82, 2.24) is 15.0 Å². The Morgan fingerprint density at radius 1 is 1.27 bits per heavy atom. The number of rotatable bonds is 3. The first-order chi connectivity index (χ1) is 12.7. The fourth-order valence-corrected chi connectivity index (χ4v) is 4.66. The van der Waals surface area contributed by atoms with E-state index in [2.05, 4.69) is 31.1 Å². The number of aromatic nitrogens is 3. The van der Waals surface area contributed by atoms with Crippen molar-refractivity contribution in [2.75, 3.05) is 12.4 Å². The van der Waals surface area contributed by atoms with Crippen LogP contribution in [0.2, 0.25) is 0 Å². The minimum atomic E-state index is -0.569. The van der Waals surface area contributed by atoms with Crippen LogP contribution in [0.15, 0.2) is 42.6 Å². The van der Waals surface area contributed by atoms with Crippen molar-refractivity contribution in [1.29, 1.82) is 5.26 Å². The van der Waals surface area contributed by atoms with Gasteiger partial charge in [0.15, 0.2) is 0 Å². The van der Waals surface area contributed by atoms with E-state index in [1.54, 1.807) is 0 Å². The van der Waals surface area contributed by atoms with E-state index >= 15 is 0 Å². The number of fused-ring (bicyclic) bond motifs is 2. The predicted octanol–water partition coefficient (Wildman–Crippen LogP) is 1.75. The number of carbonyl (C=O) groups is 1. The number of aromatic amines is 2. The second-order valence-corrected chi connectivity index (χ2v) is 7.85. The molecular weight excluding hydrogens is 397 g/mol. The number of hydrogen-bond donors (Lipinski definition) is 3. The van der Waals surface area contributed by atoms with Gasteiger partial charge >= 0.3 is 154 Å². The summed E-state index contributed by atoms with van der Waals surface area (Å²) in [6.45, 7) is 0. The van der Waals surface area contributed by atoms with Gasteiger partial charge < -0.3 is 0 Å². The molecule has 0 radical (unpaired) electrons. The molecule has 0 spiro atoms. The quantitative estimate of drug-likeness (QED) is 0.448. The van der Waals surface area contributed by atoms with Crippen molar-refractivity contribution >= 4 is 57.9 Å². The molecule has 2 heterocycles. The average Bonchev–Trinajstić information content (AvgIpc) is 3.24. The summed E-state index contributed by atoms with van der Waals surface area (Å²) in [5.41, 5.74) is 3.28. The number of carbonyl (C=O) groups excluding carboxylic acids is 1. The Kier molecular flexibility index (Phi) is 4.09. The first kappa shape index (κ1) is 16.2. The van der Waals surface area contributed by atoms with E-state index in [0.717, 1.165) is 26.4 Å². The maximum absolute atomic E-state index is 11.3. The number of nitriles is 1. The third-order valence-corrected chi connectivity index (χ3v) is 6.06. The zero-order chi connectivity index (χ0) is 18.1. The number of hydrogen-bond acceptors (Lipinski definition) is 4. The average molecular weight is 410 g/mol. The number of nitrogens with zero attached hydrogens (tertiary/aromatic N) is 2. The Bertz CT molecular complexity index is 1170. The van der Waals surface area contributed by atoms with Gasteiger partial charge in [0, 0.05) is 0 Å². The Balaban J connectivity index is 1.65. The molecule has 2 aromatic heterocycles. The molecule has 0 saturated carbocycles. The van der Waals surface area contributed by atoms with Crippen LogP contribution in [0.4, 0.5) is 10.7 Å². The van der Waals surface area contributed by atoms with Crippen LogP contribution in [0.5, 0.6) is 0 Å². The van der Waals surface area contributed by atoms with Crippen LogP contribution in [0.25, 0.3) is 21.9 Å². The van der Waals surface area contributed by atoms with Gasteiger partial charge in [-0.15, -0.1) is 0 Å². The third-order valence-electron chi connectivity index (χ3n) is 3.86. The molecule has 0 bridgehead atoms. The van der Waals surface area contributed by atoms with E-state index in [1.807, 2.05) is 42.6 Å². The van der Waals surface area contributed by atoms with Crippen molar-refractivity contribution < 1.29 is 9.53 Å². The zero-order valence-corrected chi connectivity index (χ0v) is 15.4. The number of anilines is 1. The standard InChI is InChI=1S/C18H13N5O2Se/c1-25-18(24)23-17-21-14-5-3-11(7-15(14)22-17)26-16-9-20-13-4-2-10(8-19)6-12(13)16/h2-7,9,20H,1H3,(H2,21,22,23,24). The molecule has 0 aliphatic carbocycles. The molecule has 8 heteroatoms. The molecule has 4 aromatic rings. The molecule has 0 saturated heterocycles. The van der Waals surface area contributed by atoms with Gasteiger partial charge in [-0.3, -0.25) is 0 Å². The van der Waals surface area contributed by atoms with Crippen LogP contribution in [0.1, 0.15) is 5.56 Å². The van der Waals surface area contributed by atoms with Crippen LogP contribution in [-0.2, 0) is 4.74 Å². The molecule has 3 N–H and O–H groups in total. The molecule has 0 atom stereocenters. The van der Waals surface area contributed by atoms with Crippen LogP contribution in [0.3, 0.4) is 0 Å². The van der Waals surface area contributed by atoms with Crippen LogP contribution in [-0.4, -0.2) is 43.1 Å². The van der Waals surface area contributed by atoms with Crippen molar-refractivity contribution in [2.45, 2.75) is 0 Å². The molecule has 0 aliphatic heterocycles. The van der Waals surface area contributed by atoms with Crippen LogP contribution >= 0.6 is 0 Å². The monoisotopic (exact) mass is 411 g/mol. The third kappa shape index (κ3) is 3.02. The molecule has 4 rings (SSSR count). The van der Waals surface area contributed by atoms with Gasteiger partial charge in [0.25, 0.3) is 0 Å². The number of imidazole rings is 1. The van der Waals surface area contributed by atoms with E-state index in [4.69, 9.17) is 5.26 Å². The fourth-order valence-electron chi connectivity index (χ4n) is 2.64. The molecule has 26 heavy (non-hydrogen) atoms. The van der Waals surface area contributed by atoms with Gasteiger partial charge in [-0.05, 0) is 0 Å². The van der Waals surface area contributed by atoms with E-state index < -0.39 is 6.09 Å². The molecule has 1 amide bonds. The van der Waals surface area contributed by atoms with E-state index in [1.165, 1.54) is 11.6 Å². The number of nitrogens with one attached hydrogen (secondary N) is 3. The molecule has 0 fully saturated rings. The number of methoxy groups -OCH3 is 1.